The van der Waals surface area contributed by atoms with Crippen LogP contribution in [-0.4, -0.2) is 9.97 Å². The number of nitrogen functional groups attached to an aromatic ring is 1. The van der Waals surface area contributed by atoms with Gasteiger partial charge in [-0.1, -0.05) is 28.1 Å². The third-order valence-corrected chi connectivity index (χ3v) is 3.25. The topological polar surface area (TPSA) is 73.1 Å². The lowest BCUT2D eigenvalue weighted by molar-refractivity contribution is 0.461. The van der Waals surface area contributed by atoms with Gasteiger partial charge in [-0.3, -0.25) is 4.98 Å². The van der Waals surface area contributed by atoms with E-state index in [9.17, 15) is 0 Å². The molecule has 0 spiro atoms. The Morgan fingerprint density at radius 2 is 1.85 bits per heavy atom. The highest BCUT2D eigenvalue weighted by molar-refractivity contribution is 9.10. The van der Waals surface area contributed by atoms with Gasteiger partial charge in [-0.2, -0.15) is 4.98 Å². The van der Waals surface area contributed by atoms with Crippen molar-refractivity contribution in [1.29, 1.82) is 0 Å². The van der Waals surface area contributed by atoms with E-state index in [0.29, 0.717) is 17.4 Å². The number of hydrazine groups is 1. The second-order valence-electron chi connectivity index (χ2n) is 4.14. The van der Waals surface area contributed by atoms with Gasteiger partial charge in [0, 0.05) is 4.47 Å². The Morgan fingerprint density at radius 3 is 2.70 bits per heavy atom. The SMILES string of the molecule is NNc1cncc(Oc2ccc3cc(Br)ccc3c2)n1. The molecule has 0 amide bonds. The van der Waals surface area contributed by atoms with Gasteiger partial charge in [0.15, 0.2) is 5.82 Å². The largest absolute Gasteiger partial charge is 0.437 e. The van der Waals surface area contributed by atoms with Gasteiger partial charge in [-0.15, -0.1) is 0 Å². The molecule has 0 fully saturated rings. The molecule has 2 aromatic carbocycles. The maximum Gasteiger partial charge on any atom is 0.239 e. The zero-order valence-corrected chi connectivity index (χ0v) is 12.0. The summed E-state index contributed by atoms with van der Waals surface area (Å²) in [5.41, 5.74) is 2.43. The molecule has 6 heteroatoms. The van der Waals surface area contributed by atoms with Gasteiger partial charge < -0.3 is 10.2 Å². The highest BCUT2D eigenvalue weighted by Crippen LogP contribution is 2.26. The quantitative estimate of drug-likeness (QED) is 0.568. The maximum atomic E-state index is 5.68. The molecular weight excluding hydrogens is 320 g/mol. The van der Waals surface area contributed by atoms with E-state index in [-0.39, 0.29) is 0 Å². The molecule has 3 N–H and O–H groups in total. The molecule has 0 unspecified atom stereocenters. The van der Waals surface area contributed by atoms with Crippen LogP contribution in [0, 0.1) is 0 Å². The highest BCUT2D eigenvalue weighted by Gasteiger charge is 2.02. The second-order valence-corrected chi connectivity index (χ2v) is 5.06. The molecule has 5 nitrogen and oxygen atoms in total. The third-order valence-electron chi connectivity index (χ3n) is 2.76. The Kier molecular flexibility index (Phi) is 3.49. The zero-order chi connectivity index (χ0) is 13.9. The van der Waals surface area contributed by atoms with Gasteiger partial charge in [0.1, 0.15) is 5.75 Å². The number of nitrogens with two attached hydrogens (primary N) is 1. The molecule has 0 saturated carbocycles. The van der Waals surface area contributed by atoms with Gasteiger partial charge in [0.2, 0.25) is 5.88 Å². The van der Waals surface area contributed by atoms with Crippen LogP contribution >= 0.6 is 15.9 Å². The van der Waals surface area contributed by atoms with Crippen LogP contribution < -0.4 is 16.0 Å². The summed E-state index contributed by atoms with van der Waals surface area (Å²) in [6, 6.07) is 11.9. The van der Waals surface area contributed by atoms with Gasteiger partial charge in [-0.05, 0) is 35.0 Å². The summed E-state index contributed by atoms with van der Waals surface area (Å²) >= 11 is 3.45. The lowest BCUT2D eigenvalue weighted by atomic mass is 10.1. The minimum absolute atomic E-state index is 0.386. The highest BCUT2D eigenvalue weighted by atomic mass is 79.9. The van der Waals surface area contributed by atoms with Gasteiger partial charge in [-0.25, -0.2) is 5.84 Å². The van der Waals surface area contributed by atoms with Crippen LogP contribution in [-0.2, 0) is 0 Å². The zero-order valence-electron chi connectivity index (χ0n) is 10.4. The fraction of sp³-hybridized carbons (Fsp3) is 0. The Bertz CT molecular complexity index is 763. The minimum atomic E-state index is 0.386. The summed E-state index contributed by atoms with van der Waals surface area (Å²) in [6.07, 6.45) is 3.05. The van der Waals surface area contributed by atoms with Crippen molar-refractivity contribution in [1.82, 2.24) is 9.97 Å². The standard InChI is InChI=1S/C14H11BrN4O/c15-11-3-1-10-6-12(4-2-9(10)5-11)20-14-8-17-7-13(18-14)19-16/h1-8H,16H2,(H,18,19). The van der Waals surface area contributed by atoms with Crippen molar-refractivity contribution >= 4 is 32.5 Å². The molecule has 1 aromatic heterocycles. The molecule has 1 heterocycles. The predicted octanol–water partition coefficient (Wildman–Crippen LogP) is 3.47. The van der Waals surface area contributed by atoms with Crippen molar-refractivity contribution in [3.63, 3.8) is 0 Å². The Morgan fingerprint density at radius 1 is 1.05 bits per heavy atom. The van der Waals surface area contributed by atoms with Crippen molar-refractivity contribution in [2.75, 3.05) is 5.43 Å². The molecular formula is C14H11BrN4O. The second kappa shape index (κ2) is 5.44. The Labute approximate surface area is 123 Å². The van der Waals surface area contributed by atoms with Crippen LogP contribution in [0.15, 0.2) is 53.3 Å². The first kappa shape index (κ1) is 12.8. The van der Waals surface area contributed by atoms with Gasteiger partial charge in [0.05, 0.1) is 12.4 Å². The number of halogens is 1. The number of hydrogen-bond acceptors (Lipinski definition) is 5. The van der Waals surface area contributed by atoms with Crippen molar-refractivity contribution in [2.24, 2.45) is 5.84 Å². The Hall–Kier alpha value is -2.18. The van der Waals surface area contributed by atoms with E-state index in [1.807, 2.05) is 30.3 Å². The van der Waals surface area contributed by atoms with Crippen LogP contribution in [0.3, 0.4) is 0 Å². The maximum absolute atomic E-state index is 5.68. The average Bonchev–Trinajstić information content (AvgIpc) is 2.47. The molecule has 0 bridgehead atoms. The van der Waals surface area contributed by atoms with E-state index < -0.39 is 0 Å². The first-order valence-corrected chi connectivity index (χ1v) is 6.70. The third kappa shape index (κ3) is 2.71. The summed E-state index contributed by atoms with van der Waals surface area (Å²) < 4.78 is 6.73. The van der Waals surface area contributed by atoms with E-state index in [1.165, 1.54) is 12.4 Å². The molecule has 20 heavy (non-hydrogen) atoms. The van der Waals surface area contributed by atoms with Crippen LogP contribution in [0.4, 0.5) is 5.82 Å². The van der Waals surface area contributed by atoms with Crippen molar-refractivity contribution in [3.05, 3.63) is 53.3 Å². The number of nitrogens with zero attached hydrogens (tertiary/aromatic N) is 2. The molecule has 0 atom stereocenters. The molecule has 0 aliphatic heterocycles. The Balaban J connectivity index is 1.92. The summed E-state index contributed by atoms with van der Waals surface area (Å²) in [6.45, 7) is 0. The number of benzene rings is 2. The number of anilines is 1. The number of fused-ring (bicyclic) bond motifs is 1. The monoisotopic (exact) mass is 330 g/mol. The fourth-order valence-corrected chi connectivity index (χ4v) is 2.22. The molecule has 3 aromatic rings. The summed E-state index contributed by atoms with van der Waals surface area (Å²) in [7, 11) is 0. The lowest BCUT2D eigenvalue weighted by Crippen LogP contribution is -2.08. The molecule has 100 valence electrons. The normalized spacial score (nSPS) is 10.5. The number of hydrogen-bond donors (Lipinski definition) is 2. The van der Waals surface area contributed by atoms with E-state index in [4.69, 9.17) is 10.6 Å². The minimum Gasteiger partial charge on any atom is -0.437 e. The van der Waals surface area contributed by atoms with Crippen molar-refractivity contribution in [3.8, 4) is 11.6 Å². The number of aromatic nitrogens is 2. The molecule has 0 aliphatic carbocycles. The van der Waals surface area contributed by atoms with E-state index in [2.05, 4.69) is 37.4 Å². The average molecular weight is 331 g/mol. The predicted molar refractivity (Wildman–Crippen MR) is 81.6 cm³/mol. The van der Waals surface area contributed by atoms with Crippen LogP contribution in [0.5, 0.6) is 11.6 Å². The fourth-order valence-electron chi connectivity index (χ4n) is 1.85. The number of nitrogens with one attached hydrogen (secondary N) is 1. The smallest absolute Gasteiger partial charge is 0.239 e. The van der Waals surface area contributed by atoms with E-state index in [0.717, 1.165) is 15.2 Å². The molecule has 0 radical (unpaired) electrons. The molecule has 3 rings (SSSR count). The number of rotatable bonds is 3. The van der Waals surface area contributed by atoms with Crippen LogP contribution in [0.25, 0.3) is 10.8 Å². The van der Waals surface area contributed by atoms with Crippen molar-refractivity contribution in [2.45, 2.75) is 0 Å². The first-order chi connectivity index (χ1) is 9.74. The molecule has 0 saturated heterocycles. The number of ether oxygens (including phenoxy) is 1. The van der Waals surface area contributed by atoms with E-state index in [1.54, 1.807) is 0 Å². The summed E-state index contributed by atoms with van der Waals surface area (Å²) in [4.78, 5) is 8.14. The van der Waals surface area contributed by atoms with E-state index >= 15 is 0 Å². The van der Waals surface area contributed by atoms with Crippen molar-refractivity contribution < 1.29 is 4.74 Å². The van der Waals surface area contributed by atoms with Crippen LogP contribution in [0.1, 0.15) is 0 Å². The van der Waals surface area contributed by atoms with Gasteiger partial charge in [0.25, 0.3) is 0 Å². The lowest BCUT2D eigenvalue weighted by Gasteiger charge is -2.07. The van der Waals surface area contributed by atoms with Crippen LogP contribution in [0.2, 0.25) is 0 Å². The summed E-state index contributed by atoms with van der Waals surface area (Å²) in [5, 5.41) is 2.22. The first-order valence-electron chi connectivity index (χ1n) is 5.90. The molecule has 0 aliphatic rings. The van der Waals surface area contributed by atoms with Gasteiger partial charge >= 0.3 is 0 Å². The summed E-state index contributed by atoms with van der Waals surface area (Å²) in [5.74, 6) is 6.82.